The van der Waals surface area contributed by atoms with Crippen molar-refractivity contribution < 1.29 is 4.42 Å². The third-order valence-electron chi connectivity index (χ3n) is 2.82. The third kappa shape index (κ3) is 1.84. The highest BCUT2D eigenvalue weighted by molar-refractivity contribution is 5.51. The number of hydrogen-bond acceptors (Lipinski definition) is 4. The molecule has 4 heteroatoms. The van der Waals surface area contributed by atoms with Crippen LogP contribution in [0.4, 0.5) is 0 Å². The Morgan fingerprint density at radius 1 is 1.19 bits per heavy atom. The fourth-order valence-electron chi connectivity index (χ4n) is 1.77. The molecule has 2 aromatic rings. The summed E-state index contributed by atoms with van der Waals surface area (Å²) >= 11 is 0. The molecule has 4 nitrogen and oxygen atoms in total. The first-order chi connectivity index (χ1) is 7.92. The van der Waals surface area contributed by atoms with Crippen LogP contribution in [-0.4, -0.2) is 23.3 Å². The predicted molar refractivity (Wildman–Crippen MR) is 59.8 cm³/mol. The maximum Gasteiger partial charge on any atom is 0.247 e. The van der Waals surface area contributed by atoms with Crippen molar-refractivity contribution in [1.29, 1.82) is 0 Å². The van der Waals surface area contributed by atoms with Crippen molar-refractivity contribution in [3.8, 4) is 11.5 Å². The van der Waals surface area contributed by atoms with Gasteiger partial charge in [-0.1, -0.05) is 18.2 Å². The molecule has 0 unspecified atom stereocenters. The summed E-state index contributed by atoms with van der Waals surface area (Å²) in [5.41, 5.74) is 0.980. The quantitative estimate of drug-likeness (QED) is 0.843. The van der Waals surface area contributed by atoms with E-state index in [2.05, 4.69) is 15.5 Å². The fourth-order valence-corrected chi connectivity index (χ4v) is 1.77. The van der Waals surface area contributed by atoms with E-state index in [-0.39, 0.29) is 0 Å². The molecule has 1 aromatic carbocycles. The monoisotopic (exact) mass is 215 g/mol. The smallest absolute Gasteiger partial charge is 0.247 e. The van der Waals surface area contributed by atoms with E-state index in [0.717, 1.165) is 31.0 Å². The number of nitrogens with one attached hydrogen (secondary N) is 1. The third-order valence-corrected chi connectivity index (χ3v) is 2.82. The molecule has 0 aliphatic carbocycles. The summed E-state index contributed by atoms with van der Waals surface area (Å²) in [5.74, 6) is 2.01. The lowest BCUT2D eigenvalue weighted by Gasteiger charge is -2.25. The van der Waals surface area contributed by atoms with Gasteiger partial charge in [-0.05, 0) is 31.1 Å². The van der Waals surface area contributed by atoms with Crippen LogP contribution >= 0.6 is 0 Å². The van der Waals surface area contributed by atoms with Gasteiger partial charge in [0.05, 0.1) is 0 Å². The molecule has 0 saturated carbocycles. The summed E-state index contributed by atoms with van der Waals surface area (Å²) in [6, 6.07) is 9.86. The Labute approximate surface area is 93.7 Å². The van der Waals surface area contributed by atoms with Gasteiger partial charge in [-0.2, -0.15) is 0 Å². The van der Waals surface area contributed by atoms with Crippen molar-refractivity contribution in [2.45, 2.75) is 6.42 Å². The molecule has 1 fully saturated rings. The summed E-state index contributed by atoms with van der Waals surface area (Å²) in [7, 11) is 0. The molecule has 0 radical (unpaired) electrons. The number of benzene rings is 1. The Kier molecular flexibility index (Phi) is 2.42. The zero-order valence-corrected chi connectivity index (χ0v) is 8.89. The lowest BCUT2D eigenvalue weighted by molar-refractivity contribution is 0.319. The molecule has 1 aliphatic heterocycles. The zero-order chi connectivity index (χ0) is 10.8. The van der Waals surface area contributed by atoms with E-state index < -0.39 is 0 Å². The molecule has 0 bridgehead atoms. The van der Waals surface area contributed by atoms with Gasteiger partial charge in [-0.15, -0.1) is 10.2 Å². The average Bonchev–Trinajstić information content (AvgIpc) is 2.73. The van der Waals surface area contributed by atoms with Crippen LogP contribution in [0.15, 0.2) is 34.7 Å². The van der Waals surface area contributed by atoms with E-state index in [0.29, 0.717) is 11.8 Å². The van der Waals surface area contributed by atoms with Gasteiger partial charge in [-0.3, -0.25) is 0 Å². The van der Waals surface area contributed by atoms with E-state index in [1.54, 1.807) is 0 Å². The lowest BCUT2D eigenvalue weighted by atomic mass is 10.00. The summed E-state index contributed by atoms with van der Waals surface area (Å²) in [5, 5.41) is 11.4. The Morgan fingerprint density at radius 3 is 2.69 bits per heavy atom. The van der Waals surface area contributed by atoms with Gasteiger partial charge < -0.3 is 9.73 Å². The van der Waals surface area contributed by atoms with E-state index >= 15 is 0 Å². The number of hydrogen-bond donors (Lipinski definition) is 1. The van der Waals surface area contributed by atoms with Crippen LogP contribution in [0.2, 0.25) is 0 Å². The summed E-state index contributed by atoms with van der Waals surface area (Å²) in [6.07, 6.45) is 0.882. The molecular weight excluding hydrogens is 202 g/mol. The summed E-state index contributed by atoms with van der Waals surface area (Å²) < 4.78 is 5.63. The molecule has 82 valence electrons. The largest absolute Gasteiger partial charge is 0.421 e. The van der Waals surface area contributed by atoms with E-state index in [1.807, 2.05) is 30.3 Å². The molecule has 1 aliphatic rings. The SMILES string of the molecule is c1ccc(-c2nnc(CC3CNC3)o2)cc1. The second-order valence-corrected chi connectivity index (χ2v) is 4.10. The van der Waals surface area contributed by atoms with Crippen LogP contribution in [0.25, 0.3) is 11.5 Å². The first kappa shape index (κ1) is 9.54. The van der Waals surface area contributed by atoms with E-state index in [9.17, 15) is 0 Å². The van der Waals surface area contributed by atoms with Gasteiger partial charge in [0.25, 0.3) is 0 Å². The van der Waals surface area contributed by atoms with Crippen LogP contribution in [0, 0.1) is 5.92 Å². The van der Waals surface area contributed by atoms with Crippen molar-refractivity contribution in [1.82, 2.24) is 15.5 Å². The van der Waals surface area contributed by atoms with Crippen LogP contribution in [0.5, 0.6) is 0 Å². The molecule has 1 aromatic heterocycles. The molecule has 0 atom stereocenters. The fraction of sp³-hybridized carbons (Fsp3) is 0.333. The van der Waals surface area contributed by atoms with Crippen molar-refractivity contribution in [3.05, 3.63) is 36.2 Å². The van der Waals surface area contributed by atoms with Gasteiger partial charge >= 0.3 is 0 Å². The average molecular weight is 215 g/mol. The molecule has 16 heavy (non-hydrogen) atoms. The molecule has 1 saturated heterocycles. The van der Waals surface area contributed by atoms with Crippen LogP contribution < -0.4 is 5.32 Å². The maximum absolute atomic E-state index is 5.63. The molecule has 0 spiro atoms. The van der Waals surface area contributed by atoms with Gasteiger partial charge in [0.1, 0.15) is 0 Å². The Bertz CT molecular complexity index is 462. The molecule has 3 rings (SSSR count). The molecule has 0 amide bonds. The van der Waals surface area contributed by atoms with Gasteiger partial charge in [-0.25, -0.2) is 0 Å². The van der Waals surface area contributed by atoms with Crippen LogP contribution in [0.1, 0.15) is 5.89 Å². The Hall–Kier alpha value is -1.68. The van der Waals surface area contributed by atoms with Crippen molar-refractivity contribution in [3.63, 3.8) is 0 Å². The van der Waals surface area contributed by atoms with Crippen LogP contribution in [0.3, 0.4) is 0 Å². The van der Waals surface area contributed by atoms with Gasteiger partial charge in [0.15, 0.2) is 0 Å². The highest BCUT2D eigenvalue weighted by Crippen LogP contribution is 2.19. The minimum Gasteiger partial charge on any atom is -0.421 e. The minimum absolute atomic E-state index is 0.614. The highest BCUT2D eigenvalue weighted by Gasteiger charge is 2.20. The van der Waals surface area contributed by atoms with Crippen molar-refractivity contribution in [2.75, 3.05) is 13.1 Å². The van der Waals surface area contributed by atoms with Crippen molar-refractivity contribution in [2.24, 2.45) is 5.92 Å². The molecule has 1 N–H and O–H groups in total. The number of aromatic nitrogens is 2. The highest BCUT2D eigenvalue weighted by atomic mass is 16.4. The van der Waals surface area contributed by atoms with E-state index in [1.165, 1.54) is 0 Å². The zero-order valence-electron chi connectivity index (χ0n) is 8.89. The first-order valence-electron chi connectivity index (χ1n) is 5.50. The Balaban J connectivity index is 1.77. The second-order valence-electron chi connectivity index (χ2n) is 4.10. The van der Waals surface area contributed by atoms with Crippen molar-refractivity contribution >= 4 is 0 Å². The normalized spacial score (nSPS) is 16.0. The standard InChI is InChI=1S/C12H13N3O/c1-2-4-10(5-3-1)12-15-14-11(16-12)6-9-7-13-8-9/h1-5,9,13H,6-8H2. The summed E-state index contributed by atoms with van der Waals surface area (Å²) in [4.78, 5) is 0. The number of rotatable bonds is 3. The maximum atomic E-state index is 5.63. The van der Waals surface area contributed by atoms with Gasteiger partial charge in [0.2, 0.25) is 11.8 Å². The number of nitrogens with zero attached hydrogens (tertiary/aromatic N) is 2. The minimum atomic E-state index is 0.614. The second kappa shape index (κ2) is 4.06. The molecular formula is C12H13N3O. The van der Waals surface area contributed by atoms with Gasteiger partial charge in [0, 0.05) is 12.0 Å². The Morgan fingerprint density at radius 2 is 2.00 bits per heavy atom. The summed E-state index contributed by atoms with van der Waals surface area (Å²) in [6.45, 7) is 2.12. The predicted octanol–water partition coefficient (Wildman–Crippen LogP) is 1.50. The topological polar surface area (TPSA) is 51.0 Å². The van der Waals surface area contributed by atoms with E-state index in [4.69, 9.17) is 4.42 Å². The first-order valence-corrected chi connectivity index (χ1v) is 5.50. The molecule has 2 heterocycles. The van der Waals surface area contributed by atoms with Crippen LogP contribution in [-0.2, 0) is 6.42 Å². The lowest BCUT2D eigenvalue weighted by Crippen LogP contribution is -2.43.